The number of rotatable bonds is 9. The van der Waals surface area contributed by atoms with Crippen molar-refractivity contribution in [1.29, 1.82) is 0 Å². The third kappa shape index (κ3) is 6.29. The molecule has 0 aromatic heterocycles. The van der Waals surface area contributed by atoms with Gasteiger partial charge in [-0.3, -0.25) is 0 Å². The summed E-state index contributed by atoms with van der Waals surface area (Å²) in [4.78, 5) is 12.0. The summed E-state index contributed by atoms with van der Waals surface area (Å²) in [6, 6.07) is 0. The van der Waals surface area contributed by atoms with Crippen LogP contribution in [0, 0.1) is 23.2 Å². The van der Waals surface area contributed by atoms with Crippen LogP contribution >= 0.6 is 0 Å². The predicted octanol–water partition coefficient (Wildman–Crippen LogP) is 6.17. The van der Waals surface area contributed by atoms with Gasteiger partial charge in [-0.05, 0) is 92.1 Å². The highest BCUT2D eigenvalue weighted by atomic mass is 16.7. The molecule has 0 aromatic rings. The fourth-order valence-electron chi connectivity index (χ4n) is 7.27. The van der Waals surface area contributed by atoms with Crippen molar-refractivity contribution in [2.45, 2.75) is 115 Å². The van der Waals surface area contributed by atoms with Gasteiger partial charge in [-0.25, -0.2) is 4.79 Å². The van der Waals surface area contributed by atoms with Crippen molar-refractivity contribution in [2.24, 2.45) is 23.2 Å². The summed E-state index contributed by atoms with van der Waals surface area (Å²) in [5.41, 5.74) is 2.52. The molecule has 38 heavy (non-hydrogen) atoms. The minimum absolute atomic E-state index is 0.191. The predicted molar refractivity (Wildman–Crippen MR) is 148 cm³/mol. The SMILES string of the molecule is C=C1/C(=C\C=C2/CCC[C@]3(C)[C@@H]([C@H](C)/C=C/[C@@H](O)C4(OC(=O)OCCCC)CC4)CC[C@@H]23)C[C@@H](O)C[C@@H]1O. The number of allylic oxidation sites excluding steroid dienone is 4. The van der Waals surface area contributed by atoms with Crippen molar-refractivity contribution in [3.05, 3.63) is 47.6 Å². The standard InChI is InChI=1S/C32H48O6/c1-5-6-18-37-30(36)38-32(16-17-32)29(35)14-9-21(2)26-12-13-27-23(8-7-15-31(26,27)4)10-11-24-19-25(33)20-28(34)22(24)3/h9-11,14,21,25-29,33-35H,3,5-8,12-13,15-20H2,1-2,4H3/b14-9+,23-10+,24-11-/t21-,25-,26-,27+,28+,29-,31-/m1/s1. The average Bonchev–Trinajstić information content (AvgIpc) is 3.56. The maximum absolute atomic E-state index is 12.0. The number of fused-ring (bicyclic) bond motifs is 1. The molecule has 0 saturated heterocycles. The van der Waals surface area contributed by atoms with E-state index in [1.54, 1.807) is 0 Å². The van der Waals surface area contributed by atoms with E-state index in [2.05, 4.69) is 38.7 Å². The molecule has 0 bridgehead atoms. The number of aliphatic hydroxyl groups is 3. The Morgan fingerprint density at radius 3 is 2.66 bits per heavy atom. The zero-order valence-electron chi connectivity index (χ0n) is 23.5. The van der Waals surface area contributed by atoms with Crippen LogP contribution in [0.5, 0.6) is 0 Å². The Balaban J connectivity index is 1.39. The summed E-state index contributed by atoms with van der Waals surface area (Å²) in [5, 5.41) is 31.2. The van der Waals surface area contributed by atoms with Crippen LogP contribution in [0.25, 0.3) is 0 Å². The first-order chi connectivity index (χ1) is 18.1. The van der Waals surface area contributed by atoms with E-state index in [0.717, 1.165) is 49.7 Å². The largest absolute Gasteiger partial charge is 0.508 e. The van der Waals surface area contributed by atoms with E-state index in [9.17, 15) is 20.1 Å². The van der Waals surface area contributed by atoms with Crippen LogP contribution in [0.3, 0.4) is 0 Å². The van der Waals surface area contributed by atoms with Gasteiger partial charge in [-0.15, -0.1) is 0 Å². The topological polar surface area (TPSA) is 96.2 Å². The Labute approximate surface area is 228 Å². The number of carbonyl (C=O) groups excluding carboxylic acids is 1. The van der Waals surface area contributed by atoms with Crippen LogP contribution in [0.2, 0.25) is 0 Å². The maximum Gasteiger partial charge on any atom is 0.508 e. The molecule has 0 spiro atoms. The van der Waals surface area contributed by atoms with Gasteiger partial charge >= 0.3 is 6.16 Å². The smallest absolute Gasteiger partial charge is 0.434 e. The molecule has 4 rings (SSSR count). The van der Waals surface area contributed by atoms with Crippen LogP contribution in [0.4, 0.5) is 4.79 Å². The van der Waals surface area contributed by atoms with Gasteiger partial charge in [0.15, 0.2) is 0 Å². The molecule has 4 aliphatic rings. The van der Waals surface area contributed by atoms with E-state index in [4.69, 9.17) is 9.47 Å². The van der Waals surface area contributed by atoms with Gasteiger partial charge in [0.1, 0.15) is 11.7 Å². The lowest BCUT2D eigenvalue weighted by Crippen LogP contribution is -2.36. The van der Waals surface area contributed by atoms with Crippen molar-refractivity contribution in [2.75, 3.05) is 6.61 Å². The van der Waals surface area contributed by atoms with E-state index >= 15 is 0 Å². The molecule has 0 aliphatic heterocycles. The van der Waals surface area contributed by atoms with E-state index in [1.807, 2.05) is 13.0 Å². The van der Waals surface area contributed by atoms with Crippen LogP contribution in [0.1, 0.15) is 91.4 Å². The van der Waals surface area contributed by atoms with Crippen molar-refractivity contribution in [3.8, 4) is 0 Å². The molecule has 0 unspecified atom stereocenters. The van der Waals surface area contributed by atoms with Crippen molar-refractivity contribution in [1.82, 2.24) is 0 Å². The first-order valence-corrected chi connectivity index (χ1v) is 14.8. The molecule has 6 nitrogen and oxygen atoms in total. The summed E-state index contributed by atoms with van der Waals surface area (Å²) in [7, 11) is 0. The lowest BCUT2D eigenvalue weighted by Gasteiger charge is -2.44. The molecule has 3 N–H and O–H groups in total. The Hall–Kier alpha value is -1.89. The third-order valence-electron chi connectivity index (χ3n) is 9.82. The Kier molecular flexibility index (Phi) is 9.26. The van der Waals surface area contributed by atoms with E-state index in [0.29, 0.717) is 50.0 Å². The normalized spacial score (nSPS) is 36.3. The lowest BCUT2D eigenvalue weighted by molar-refractivity contribution is -0.0318. The van der Waals surface area contributed by atoms with Crippen LogP contribution in [0.15, 0.2) is 47.6 Å². The van der Waals surface area contributed by atoms with Crippen molar-refractivity contribution >= 4 is 6.16 Å². The van der Waals surface area contributed by atoms with Gasteiger partial charge in [-0.2, -0.15) is 0 Å². The zero-order valence-corrected chi connectivity index (χ0v) is 23.5. The molecule has 4 saturated carbocycles. The highest BCUT2D eigenvalue weighted by Crippen LogP contribution is 2.59. The molecule has 6 heteroatoms. The second-order valence-electron chi connectivity index (χ2n) is 12.5. The van der Waals surface area contributed by atoms with Crippen LogP contribution < -0.4 is 0 Å². The fourth-order valence-corrected chi connectivity index (χ4v) is 7.27. The first kappa shape index (κ1) is 29.1. The highest BCUT2D eigenvalue weighted by Gasteiger charge is 2.53. The summed E-state index contributed by atoms with van der Waals surface area (Å²) >= 11 is 0. The Morgan fingerprint density at radius 1 is 1.18 bits per heavy atom. The van der Waals surface area contributed by atoms with Crippen LogP contribution in [-0.2, 0) is 9.47 Å². The first-order valence-electron chi connectivity index (χ1n) is 14.8. The summed E-state index contributed by atoms with van der Waals surface area (Å²) in [5.74, 6) is 1.32. The second-order valence-corrected chi connectivity index (χ2v) is 12.5. The fraction of sp³-hybridized carbons (Fsp3) is 0.719. The number of aliphatic hydroxyl groups excluding tert-OH is 3. The number of hydrogen-bond acceptors (Lipinski definition) is 6. The summed E-state index contributed by atoms with van der Waals surface area (Å²) in [6.45, 7) is 11.1. The minimum Gasteiger partial charge on any atom is -0.434 e. The molecule has 0 radical (unpaired) electrons. The molecule has 0 heterocycles. The molecule has 4 fully saturated rings. The number of unbranched alkanes of at least 4 members (excludes halogenated alkanes) is 1. The van der Waals surface area contributed by atoms with Gasteiger partial charge < -0.3 is 24.8 Å². The summed E-state index contributed by atoms with van der Waals surface area (Å²) < 4.78 is 10.7. The zero-order chi connectivity index (χ0) is 27.5. The van der Waals surface area contributed by atoms with Gasteiger partial charge in [-0.1, -0.05) is 63.6 Å². The minimum atomic E-state index is -0.833. The highest BCUT2D eigenvalue weighted by molar-refractivity contribution is 5.61. The average molecular weight is 529 g/mol. The summed E-state index contributed by atoms with van der Waals surface area (Å²) in [6.07, 6.45) is 15.3. The molecule has 7 atom stereocenters. The molecule has 4 aliphatic carbocycles. The molecule has 212 valence electrons. The van der Waals surface area contributed by atoms with E-state index < -0.39 is 30.1 Å². The van der Waals surface area contributed by atoms with Gasteiger partial charge in [0.05, 0.1) is 18.8 Å². The number of hydrogen-bond donors (Lipinski definition) is 3. The van der Waals surface area contributed by atoms with Crippen LogP contribution in [-0.4, -0.2) is 52.0 Å². The Morgan fingerprint density at radius 2 is 1.95 bits per heavy atom. The lowest BCUT2D eigenvalue weighted by atomic mass is 9.61. The van der Waals surface area contributed by atoms with Crippen molar-refractivity contribution in [3.63, 3.8) is 0 Å². The Bertz CT molecular complexity index is 959. The molecular formula is C32H48O6. The quantitative estimate of drug-likeness (QED) is 0.188. The molecular weight excluding hydrogens is 480 g/mol. The number of carbonyl (C=O) groups is 1. The molecule has 0 aromatic carbocycles. The third-order valence-corrected chi connectivity index (χ3v) is 9.82. The van der Waals surface area contributed by atoms with Crippen molar-refractivity contribution < 1.29 is 29.6 Å². The molecule has 0 amide bonds. The van der Waals surface area contributed by atoms with E-state index in [-0.39, 0.29) is 5.41 Å². The van der Waals surface area contributed by atoms with Gasteiger partial charge in [0, 0.05) is 6.42 Å². The van der Waals surface area contributed by atoms with E-state index in [1.165, 1.54) is 12.0 Å². The maximum atomic E-state index is 12.0. The monoisotopic (exact) mass is 528 g/mol. The van der Waals surface area contributed by atoms with Gasteiger partial charge in [0.2, 0.25) is 0 Å². The van der Waals surface area contributed by atoms with Gasteiger partial charge in [0.25, 0.3) is 0 Å². The number of ether oxygens (including phenoxy) is 2. The second kappa shape index (κ2) is 12.1.